The number of fused-ring (bicyclic) bond motifs is 1. The molecular weight excluding hydrogens is 222 g/mol. The highest BCUT2D eigenvalue weighted by Crippen LogP contribution is 2.43. The molecule has 0 aromatic rings. The van der Waals surface area contributed by atoms with Gasteiger partial charge in [-0.2, -0.15) is 0 Å². The Kier molecular flexibility index (Phi) is 2.59. The number of rotatable bonds is 2. The molecule has 3 nitrogen and oxygen atoms in total. The van der Waals surface area contributed by atoms with Crippen LogP contribution in [-0.2, 0) is 9.84 Å². The highest BCUT2D eigenvalue weighted by molar-refractivity contribution is 7.91. The lowest BCUT2D eigenvalue weighted by Gasteiger charge is -2.43. The SMILES string of the molecule is O=S1(=O)CCCC(NC2CC3CC=CC32)C1. The number of allylic oxidation sites excluding steroid dienone is 1. The summed E-state index contributed by atoms with van der Waals surface area (Å²) in [5.41, 5.74) is 0. The lowest BCUT2D eigenvalue weighted by Crippen LogP contribution is -2.54. The Morgan fingerprint density at radius 1 is 1.31 bits per heavy atom. The molecule has 0 aromatic carbocycles. The van der Waals surface area contributed by atoms with Crippen LogP contribution in [0, 0.1) is 11.8 Å². The first-order chi connectivity index (χ1) is 7.64. The number of sulfone groups is 1. The van der Waals surface area contributed by atoms with E-state index in [-0.39, 0.29) is 6.04 Å². The van der Waals surface area contributed by atoms with Crippen molar-refractivity contribution in [2.45, 2.75) is 37.8 Å². The fraction of sp³-hybridized carbons (Fsp3) is 0.833. The van der Waals surface area contributed by atoms with Crippen molar-refractivity contribution >= 4 is 9.84 Å². The standard InChI is InChI=1S/C12H19NO2S/c14-16(15)6-2-4-10(8-16)13-12-7-9-3-1-5-11(9)12/h1,5,9-13H,2-4,6-8H2. The molecule has 1 N–H and O–H groups in total. The summed E-state index contributed by atoms with van der Waals surface area (Å²) < 4.78 is 23.0. The second kappa shape index (κ2) is 3.84. The summed E-state index contributed by atoms with van der Waals surface area (Å²) in [7, 11) is -2.76. The van der Waals surface area contributed by atoms with E-state index in [0.717, 1.165) is 18.8 Å². The summed E-state index contributed by atoms with van der Waals surface area (Å²) in [6, 6.07) is 0.751. The fourth-order valence-electron chi connectivity index (χ4n) is 3.36. The van der Waals surface area contributed by atoms with E-state index in [1.165, 1.54) is 12.8 Å². The second-order valence-electron chi connectivity index (χ2n) is 5.46. The van der Waals surface area contributed by atoms with E-state index in [9.17, 15) is 8.42 Å². The highest BCUT2D eigenvalue weighted by Gasteiger charge is 2.42. The van der Waals surface area contributed by atoms with E-state index < -0.39 is 9.84 Å². The number of nitrogens with one attached hydrogen (secondary N) is 1. The maximum absolute atomic E-state index is 11.5. The second-order valence-corrected chi connectivity index (χ2v) is 7.69. The molecule has 2 fully saturated rings. The van der Waals surface area contributed by atoms with E-state index >= 15 is 0 Å². The smallest absolute Gasteiger partial charge is 0.151 e. The summed E-state index contributed by atoms with van der Waals surface area (Å²) in [5, 5.41) is 3.55. The zero-order valence-corrected chi connectivity index (χ0v) is 10.2. The van der Waals surface area contributed by atoms with Gasteiger partial charge in [-0.15, -0.1) is 0 Å². The lowest BCUT2D eigenvalue weighted by molar-refractivity contribution is 0.150. The summed E-state index contributed by atoms with van der Waals surface area (Å²) in [6.07, 6.45) is 8.89. The molecule has 1 aliphatic heterocycles. The van der Waals surface area contributed by atoms with Crippen molar-refractivity contribution in [1.82, 2.24) is 5.32 Å². The summed E-state index contributed by atoms with van der Waals surface area (Å²) in [4.78, 5) is 0. The number of hydrogen-bond donors (Lipinski definition) is 1. The zero-order chi connectivity index (χ0) is 11.2. The monoisotopic (exact) mass is 241 g/mol. The van der Waals surface area contributed by atoms with Gasteiger partial charge in [0.25, 0.3) is 0 Å². The first kappa shape index (κ1) is 10.8. The molecule has 4 heteroatoms. The first-order valence-corrected chi connectivity index (χ1v) is 8.09. The molecule has 4 atom stereocenters. The summed E-state index contributed by atoms with van der Waals surface area (Å²) in [6.45, 7) is 0. The van der Waals surface area contributed by atoms with Crippen molar-refractivity contribution in [2.75, 3.05) is 11.5 Å². The van der Waals surface area contributed by atoms with Crippen LogP contribution in [0.25, 0.3) is 0 Å². The average molecular weight is 241 g/mol. The Hall–Kier alpha value is -0.350. The molecular formula is C12H19NO2S. The van der Waals surface area contributed by atoms with Crippen molar-refractivity contribution in [3.63, 3.8) is 0 Å². The molecule has 0 spiro atoms. The Bertz CT molecular complexity index is 401. The van der Waals surface area contributed by atoms with Gasteiger partial charge in [0.15, 0.2) is 9.84 Å². The van der Waals surface area contributed by atoms with Crippen LogP contribution in [0.1, 0.15) is 25.7 Å². The van der Waals surface area contributed by atoms with Crippen LogP contribution < -0.4 is 5.32 Å². The summed E-state index contributed by atoms with van der Waals surface area (Å²) in [5.74, 6) is 2.27. The van der Waals surface area contributed by atoms with Crippen LogP contribution in [0.4, 0.5) is 0 Å². The van der Waals surface area contributed by atoms with Gasteiger partial charge < -0.3 is 5.32 Å². The average Bonchev–Trinajstić information content (AvgIpc) is 2.55. The topological polar surface area (TPSA) is 46.2 Å². The third kappa shape index (κ3) is 1.93. The first-order valence-electron chi connectivity index (χ1n) is 6.27. The van der Waals surface area contributed by atoms with Gasteiger partial charge in [-0.05, 0) is 37.5 Å². The van der Waals surface area contributed by atoms with E-state index in [1.807, 2.05) is 0 Å². The predicted octanol–water partition coefficient (Wildman–Crippen LogP) is 1.12. The van der Waals surface area contributed by atoms with Crippen molar-refractivity contribution < 1.29 is 8.42 Å². The molecule has 3 rings (SSSR count). The minimum Gasteiger partial charge on any atom is -0.310 e. The van der Waals surface area contributed by atoms with Crippen molar-refractivity contribution in [1.29, 1.82) is 0 Å². The van der Waals surface area contributed by atoms with Crippen LogP contribution in [0.3, 0.4) is 0 Å². The largest absolute Gasteiger partial charge is 0.310 e. The third-order valence-electron chi connectivity index (χ3n) is 4.28. The third-order valence-corrected chi connectivity index (χ3v) is 6.10. The van der Waals surface area contributed by atoms with Gasteiger partial charge in [-0.3, -0.25) is 0 Å². The van der Waals surface area contributed by atoms with Gasteiger partial charge in [0.05, 0.1) is 11.5 Å². The molecule has 0 amide bonds. The predicted molar refractivity (Wildman–Crippen MR) is 64.0 cm³/mol. The van der Waals surface area contributed by atoms with Gasteiger partial charge in [0.2, 0.25) is 0 Å². The summed E-state index contributed by atoms with van der Waals surface area (Å²) >= 11 is 0. The van der Waals surface area contributed by atoms with E-state index in [4.69, 9.17) is 0 Å². The van der Waals surface area contributed by atoms with Crippen molar-refractivity contribution in [3.8, 4) is 0 Å². The minimum atomic E-state index is -2.76. The van der Waals surface area contributed by atoms with Crippen LogP contribution >= 0.6 is 0 Å². The normalized spacial score (nSPS) is 45.0. The minimum absolute atomic E-state index is 0.207. The highest BCUT2D eigenvalue weighted by atomic mass is 32.2. The molecule has 0 radical (unpaired) electrons. The maximum atomic E-state index is 11.5. The van der Waals surface area contributed by atoms with Crippen LogP contribution in [0.2, 0.25) is 0 Å². The maximum Gasteiger partial charge on any atom is 0.151 e. The van der Waals surface area contributed by atoms with E-state index in [2.05, 4.69) is 17.5 Å². The molecule has 2 aliphatic carbocycles. The molecule has 1 heterocycles. The quantitative estimate of drug-likeness (QED) is 0.737. The van der Waals surface area contributed by atoms with Gasteiger partial charge in [-0.1, -0.05) is 12.2 Å². The molecule has 90 valence electrons. The molecule has 1 saturated heterocycles. The molecule has 16 heavy (non-hydrogen) atoms. The Labute approximate surface area is 97.2 Å². The molecule has 3 aliphatic rings. The fourth-order valence-corrected chi connectivity index (χ4v) is 5.01. The van der Waals surface area contributed by atoms with Gasteiger partial charge >= 0.3 is 0 Å². The van der Waals surface area contributed by atoms with Crippen LogP contribution in [0.15, 0.2) is 12.2 Å². The van der Waals surface area contributed by atoms with Gasteiger partial charge in [-0.25, -0.2) is 8.42 Å². The van der Waals surface area contributed by atoms with E-state index in [1.54, 1.807) is 0 Å². The van der Waals surface area contributed by atoms with Crippen molar-refractivity contribution in [2.24, 2.45) is 11.8 Å². The Morgan fingerprint density at radius 3 is 2.94 bits per heavy atom. The van der Waals surface area contributed by atoms with Gasteiger partial charge in [0, 0.05) is 12.1 Å². The molecule has 0 aromatic heterocycles. The van der Waals surface area contributed by atoms with Gasteiger partial charge in [0.1, 0.15) is 0 Å². The van der Waals surface area contributed by atoms with Crippen LogP contribution in [0.5, 0.6) is 0 Å². The molecule has 1 saturated carbocycles. The Balaban J connectivity index is 1.57. The molecule has 0 bridgehead atoms. The zero-order valence-electron chi connectivity index (χ0n) is 9.43. The van der Waals surface area contributed by atoms with Crippen molar-refractivity contribution in [3.05, 3.63) is 12.2 Å². The van der Waals surface area contributed by atoms with E-state index in [0.29, 0.717) is 23.5 Å². The lowest BCUT2D eigenvalue weighted by atomic mass is 9.71. The number of hydrogen-bond acceptors (Lipinski definition) is 3. The molecule has 4 unspecified atom stereocenters. The van der Waals surface area contributed by atoms with Crippen LogP contribution in [-0.4, -0.2) is 32.0 Å². The Morgan fingerprint density at radius 2 is 2.19 bits per heavy atom.